The fourth-order valence-electron chi connectivity index (χ4n) is 4.41. The van der Waals surface area contributed by atoms with Crippen molar-refractivity contribution in [2.45, 2.75) is 37.4 Å². The molecular formula is C25H23F5N8O3. The third-order valence-corrected chi connectivity index (χ3v) is 6.78. The molecule has 0 bridgehead atoms. The zero-order valence-electron chi connectivity index (χ0n) is 21.5. The normalized spacial score (nSPS) is 17.7. The molecule has 0 spiro atoms. The van der Waals surface area contributed by atoms with Gasteiger partial charge in [0.1, 0.15) is 23.0 Å². The fourth-order valence-corrected chi connectivity index (χ4v) is 4.41. The number of halogens is 5. The first-order valence-electron chi connectivity index (χ1n) is 12.7. The highest BCUT2D eigenvalue weighted by molar-refractivity contribution is 5.93. The second kappa shape index (κ2) is 9.94. The SMILES string of the molecule is Cn1c(Nc2cc(C(F)(F)C(F)(F)F)n(C3CCOC3)n2)nc2ncc(Oc3ccnc(NC(=O)C4CC4)c3)cc21. The maximum Gasteiger partial charge on any atom is 0.459 e. The standard InChI is InChI=1S/C25H23F5N8O3/c1-37-17-8-16(41-15-4-6-31-19(9-15)33-22(39)13-2-3-13)11-32-21(17)35-23(37)34-20-10-18(24(26,27)25(28,29)30)38(36-20)14-5-7-40-12-14/h4,6,8-11,13-14H,2-3,5,7,12H2,1H3,(H,31,33,39)(H,32,34,35,36). The molecule has 2 fully saturated rings. The summed E-state index contributed by atoms with van der Waals surface area (Å²) in [6, 6.07) is 4.69. The first-order chi connectivity index (χ1) is 19.5. The topological polar surface area (TPSA) is 121 Å². The Balaban J connectivity index is 1.25. The molecule has 4 aromatic heterocycles. The van der Waals surface area contributed by atoms with Crippen molar-refractivity contribution in [3.63, 3.8) is 0 Å². The summed E-state index contributed by atoms with van der Waals surface area (Å²) in [5.41, 5.74) is -0.551. The van der Waals surface area contributed by atoms with Crippen LogP contribution >= 0.6 is 0 Å². The van der Waals surface area contributed by atoms with Crippen molar-refractivity contribution in [3.05, 3.63) is 42.4 Å². The minimum absolute atomic E-state index is 0.0128. The molecule has 0 radical (unpaired) electrons. The molecule has 4 aromatic rings. The van der Waals surface area contributed by atoms with E-state index in [-0.39, 0.29) is 48.9 Å². The van der Waals surface area contributed by atoms with Gasteiger partial charge in [-0.1, -0.05) is 0 Å². The summed E-state index contributed by atoms with van der Waals surface area (Å²) >= 11 is 0. The number of aromatic nitrogens is 6. The first kappa shape index (κ1) is 26.9. The van der Waals surface area contributed by atoms with Gasteiger partial charge in [-0.05, 0) is 25.3 Å². The zero-order valence-corrected chi connectivity index (χ0v) is 21.5. The van der Waals surface area contributed by atoms with Gasteiger partial charge in [0.15, 0.2) is 11.5 Å². The maximum absolute atomic E-state index is 14.4. The lowest BCUT2D eigenvalue weighted by molar-refractivity contribution is -0.292. The van der Waals surface area contributed by atoms with Crippen molar-refractivity contribution < 1.29 is 36.2 Å². The number of nitrogens with zero attached hydrogens (tertiary/aromatic N) is 6. The van der Waals surface area contributed by atoms with Crippen LogP contribution < -0.4 is 15.4 Å². The van der Waals surface area contributed by atoms with E-state index in [0.717, 1.165) is 12.8 Å². The average molecular weight is 579 g/mol. The number of pyridine rings is 2. The van der Waals surface area contributed by atoms with Crippen molar-refractivity contribution in [3.8, 4) is 11.5 Å². The van der Waals surface area contributed by atoms with Gasteiger partial charge in [-0.3, -0.25) is 9.48 Å². The van der Waals surface area contributed by atoms with E-state index in [2.05, 4.69) is 30.7 Å². The lowest BCUT2D eigenvalue weighted by Crippen LogP contribution is -2.36. The molecule has 1 aliphatic heterocycles. The third kappa shape index (κ3) is 5.26. The van der Waals surface area contributed by atoms with Crippen LogP contribution in [0.3, 0.4) is 0 Å². The number of carbonyl (C=O) groups excluding carboxylic acids is 1. The van der Waals surface area contributed by atoms with Gasteiger partial charge in [0.25, 0.3) is 0 Å². The molecule has 5 heterocycles. The second-order valence-corrected chi connectivity index (χ2v) is 9.82. The number of rotatable bonds is 8. The molecule has 11 nitrogen and oxygen atoms in total. The smallest absolute Gasteiger partial charge is 0.455 e. The summed E-state index contributed by atoms with van der Waals surface area (Å²) in [6.07, 6.45) is -0.950. The van der Waals surface area contributed by atoms with E-state index in [1.807, 2.05) is 0 Å². The van der Waals surface area contributed by atoms with E-state index in [9.17, 15) is 26.7 Å². The molecule has 2 N–H and O–H groups in total. The summed E-state index contributed by atoms with van der Waals surface area (Å²) in [6.45, 7) is 0.188. The Kier molecular flexibility index (Phi) is 6.51. The van der Waals surface area contributed by atoms with Crippen LogP contribution in [0.5, 0.6) is 11.5 Å². The van der Waals surface area contributed by atoms with Crippen molar-refractivity contribution in [2.75, 3.05) is 23.8 Å². The highest BCUT2D eigenvalue weighted by Gasteiger charge is 2.61. The number of hydrogen-bond donors (Lipinski definition) is 2. The molecule has 1 atom stereocenters. The number of anilines is 3. The van der Waals surface area contributed by atoms with E-state index in [4.69, 9.17) is 9.47 Å². The van der Waals surface area contributed by atoms with Crippen molar-refractivity contribution in [1.82, 2.24) is 29.3 Å². The van der Waals surface area contributed by atoms with E-state index in [0.29, 0.717) is 33.6 Å². The lowest BCUT2D eigenvalue weighted by atomic mass is 10.2. The number of fused-ring (bicyclic) bond motifs is 1. The predicted molar refractivity (Wildman–Crippen MR) is 134 cm³/mol. The number of nitrogens with one attached hydrogen (secondary N) is 2. The van der Waals surface area contributed by atoms with Crippen LogP contribution in [0, 0.1) is 5.92 Å². The van der Waals surface area contributed by atoms with E-state index >= 15 is 0 Å². The van der Waals surface area contributed by atoms with Crippen LogP contribution in [0.15, 0.2) is 36.7 Å². The average Bonchev–Trinajstić information content (AvgIpc) is 3.32. The molecule has 1 saturated carbocycles. The molecule has 1 aliphatic carbocycles. The van der Waals surface area contributed by atoms with Crippen LogP contribution in [0.2, 0.25) is 0 Å². The number of hydrogen-bond acceptors (Lipinski definition) is 8. The highest BCUT2D eigenvalue weighted by Crippen LogP contribution is 2.45. The van der Waals surface area contributed by atoms with E-state index in [1.54, 1.807) is 25.2 Å². The van der Waals surface area contributed by atoms with Gasteiger partial charge in [0.05, 0.1) is 24.4 Å². The highest BCUT2D eigenvalue weighted by atomic mass is 19.4. The van der Waals surface area contributed by atoms with Crippen molar-refractivity contribution in [2.24, 2.45) is 13.0 Å². The fraction of sp³-hybridized carbons (Fsp3) is 0.400. The van der Waals surface area contributed by atoms with Crippen LogP contribution in [-0.2, 0) is 22.5 Å². The van der Waals surface area contributed by atoms with Gasteiger partial charge < -0.3 is 24.7 Å². The van der Waals surface area contributed by atoms with E-state index < -0.39 is 23.8 Å². The quantitative estimate of drug-likeness (QED) is 0.279. The van der Waals surface area contributed by atoms with Gasteiger partial charge in [-0.25, -0.2) is 9.97 Å². The molecule has 2 aliphatic rings. The number of amides is 1. The van der Waals surface area contributed by atoms with Crippen molar-refractivity contribution in [1.29, 1.82) is 0 Å². The number of ether oxygens (including phenoxy) is 2. The Morgan fingerprint density at radius 3 is 2.59 bits per heavy atom. The Bertz CT molecular complexity index is 1610. The number of carbonyl (C=O) groups is 1. The molecule has 1 saturated heterocycles. The zero-order chi connectivity index (χ0) is 28.9. The number of aryl methyl sites for hydroxylation is 1. The number of alkyl halides is 5. The van der Waals surface area contributed by atoms with Crippen LogP contribution in [0.1, 0.15) is 31.0 Å². The summed E-state index contributed by atoms with van der Waals surface area (Å²) in [5.74, 6) is -4.28. The molecule has 6 rings (SSSR count). The Morgan fingerprint density at radius 2 is 1.88 bits per heavy atom. The van der Waals surface area contributed by atoms with Gasteiger partial charge in [-0.2, -0.15) is 32.0 Å². The summed E-state index contributed by atoms with van der Waals surface area (Å²) < 4.78 is 81.8. The third-order valence-electron chi connectivity index (χ3n) is 6.78. The molecular weight excluding hydrogens is 555 g/mol. The second-order valence-electron chi connectivity index (χ2n) is 9.82. The van der Waals surface area contributed by atoms with Crippen LogP contribution in [0.4, 0.5) is 39.5 Å². The molecule has 1 amide bonds. The Labute approximate surface area is 228 Å². The molecule has 16 heteroatoms. The summed E-state index contributed by atoms with van der Waals surface area (Å²) in [4.78, 5) is 24.7. The molecule has 216 valence electrons. The maximum atomic E-state index is 14.4. The van der Waals surface area contributed by atoms with Gasteiger partial charge in [0.2, 0.25) is 11.9 Å². The molecule has 0 aromatic carbocycles. The van der Waals surface area contributed by atoms with Gasteiger partial charge in [-0.15, -0.1) is 0 Å². The molecule has 1 unspecified atom stereocenters. The van der Waals surface area contributed by atoms with Crippen molar-refractivity contribution >= 4 is 34.7 Å². The molecule has 41 heavy (non-hydrogen) atoms. The first-order valence-corrected chi connectivity index (χ1v) is 12.7. The Morgan fingerprint density at radius 1 is 1.07 bits per heavy atom. The minimum Gasteiger partial charge on any atom is -0.455 e. The van der Waals surface area contributed by atoms with Crippen LogP contribution in [-0.4, -0.2) is 54.6 Å². The lowest BCUT2D eigenvalue weighted by Gasteiger charge is -2.22. The summed E-state index contributed by atoms with van der Waals surface area (Å²) in [7, 11) is 1.61. The monoisotopic (exact) mass is 578 g/mol. The number of imidazole rings is 1. The largest absolute Gasteiger partial charge is 0.459 e. The van der Waals surface area contributed by atoms with Gasteiger partial charge >= 0.3 is 12.1 Å². The van der Waals surface area contributed by atoms with E-state index in [1.165, 1.54) is 17.0 Å². The van der Waals surface area contributed by atoms with Gasteiger partial charge in [0, 0.05) is 44.0 Å². The van der Waals surface area contributed by atoms with Crippen LogP contribution in [0.25, 0.3) is 11.2 Å². The Hall–Kier alpha value is -4.34. The predicted octanol–water partition coefficient (Wildman–Crippen LogP) is 5.06. The summed E-state index contributed by atoms with van der Waals surface area (Å²) in [5, 5.41) is 9.48. The minimum atomic E-state index is -5.81.